The number of carbonyl (C=O) groups is 1. The molecular formula is C12H18N2O5S. The lowest BCUT2D eigenvalue weighted by molar-refractivity contribution is 0.0276. The molecule has 1 aromatic rings. The fourth-order valence-electron chi connectivity index (χ4n) is 1.36. The normalized spacial score (nSPS) is 12.3. The lowest BCUT2D eigenvalue weighted by atomic mass is 10.1. The number of ether oxygens (including phenoxy) is 1. The van der Waals surface area contributed by atoms with Gasteiger partial charge < -0.3 is 15.6 Å². The van der Waals surface area contributed by atoms with Gasteiger partial charge in [-0.25, -0.2) is 17.9 Å². The van der Waals surface area contributed by atoms with Crippen molar-refractivity contribution in [3.05, 3.63) is 23.8 Å². The van der Waals surface area contributed by atoms with Gasteiger partial charge in [0.25, 0.3) is 0 Å². The molecule has 0 saturated carbocycles. The average molecular weight is 302 g/mol. The fraction of sp³-hybridized carbons (Fsp3) is 0.417. The second-order valence-electron chi connectivity index (χ2n) is 4.85. The van der Waals surface area contributed by atoms with Gasteiger partial charge in [-0.3, -0.25) is 0 Å². The van der Waals surface area contributed by atoms with Crippen LogP contribution in [0.4, 0.5) is 5.69 Å². The summed E-state index contributed by atoms with van der Waals surface area (Å²) in [6, 6.07) is 3.61. The molecule has 0 saturated heterocycles. The van der Waals surface area contributed by atoms with Crippen LogP contribution in [-0.4, -0.2) is 38.7 Å². The van der Waals surface area contributed by atoms with E-state index in [0.29, 0.717) is 0 Å². The molecule has 0 aliphatic rings. The maximum atomic E-state index is 12.2. The van der Waals surface area contributed by atoms with Gasteiger partial charge >= 0.3 is 5.97 Å². The van der Waals surface area contributed by atoms with Crippen molar-refractivity contribution in [3.8, 4) is 0 Å². The number of aromatic carboxylic acids is 1. The molecule has 7 nitrogen and oxygen atoms in total. The van der Waals surface area contributed by atoms with E-state index >= 15 is 0 Å². The highest BCUT2D eigenvalue weighted by molar-refractivity contribution is 7.89. The molecule has 0 amide bonds. The highest BCUT2D eigenvalue weighted by Gasteiger charge is 2.25. The van der Waals surface area contributed by atoms with Gasteiger partial charge in [-0.1, -0.05) is 0 Å². The molecular weight excluding hydrogens is 284 g/mol. The Morgan fingerprint density at radius 3 is 2.55 bits per heavy atom. The van der Waals surface area contributed by atoms with Crippen LogP contribution in [-0.2, 0) is 14.8 Å². The zero-order chi connectivity index (χ0) is 15.6. The predicted octanol–water partition coefficient (Wildman–Crippen LogP) is 0.670. The number of benzene rings is 1. The summed E-state index contributed by atoms with van der Waals surface area (Å²) in [7, 11) is -2.54. The lowest BCUT2D eigenvalue weighted by Crippen LogP contribution is -2.40. The first-order chi connectivity index (χ1) is 9.09. The number of carboxylic acids is 1. The first-order valence-electron chi connectivity index (χ1n) is 5.77. The van der Waals surface area contributed by atoms with Crippen molar-refractivity contribution < 1.29 is 23.1 Å². The number of carboxylic acid groups (broad SMARTS) is 1. The number of hydrogen-bond acceptors (Lipinski definition) is 5. The van der Waals surface area contributed by atoms with Crippen LogP contribution in [0.15, 0.2) is 23.1 Å². The minimum absolute atomic E-state index is 0.000306. The first kappa shape index (κ1) is 16.4. The average Bonchev–Trinajstić information content (AvgIpc) is 2.36. The Balaban J connectivity index is 3.16. The molecule has 0 heterocycles. The van der Waals surface area contributed by atoms with Crippen molar-refractivity contribution >= 4 is 21.7 Å². The number of nitrogen functional groups attached to an aromatic ring is 1. The van der Waals surface area contributed by atoms with Crippen LogP contribution in [0, 0.1) is 0 Å². The molecule has 0 aliphatic carbocycles. The molecule has 1 rings (SSSR count). The van der Waals surface area contributed by atoms with Crippen LogP contribution < -0.4 is 10.5 Å². The summed E-state index contributed by atoms with van der Waals surface area (Å²) < 4.78 is 31.8. The zero-order valence-corrected chi connectivity index (χ0v) is 12.3. The van der Waals surface area contributed by atoms with Gasteiger partial charge in [0.15, 0.2) is 0 Å². The quantitative estimate of drug-likeness (QED) is 0.665. The van der Waals surface area contributed by atoms with Crippen LogP contribution >= 0.6 is 0 Å². The second kappa shape index (κ2) is 5.78. The number of rotatable bonds is 6. The summed E-state index contributed by atoms with van der Waals surface area (Å²) in [4.78, 5) is 10.7. The van der Waals surface area contributed by atoms with Crippen LogP contribution in [0.1, 0.15) is 24.2 Å². The minimum Gasteiger partial charge on any atom is -0.478 e. The van der Waals surface area contributed by atoms with E-state index in [1.165, 1.54) is 13.2 Å². The van der Waals surface area contributed by atoms with Gasteiger partial charge in [-0.15, -0.1) is 0 Å². The smallest absolute Gasteiger partial charge is 0.337 e. The van der Waals surface area contributed by atoms with Gasteiger partial charge in [-0.05, 0) is 32.0 Å². The van der Waals surface area contributed by atoms with E-state index in [2.05, 4.69) is 4.72 Å². The third-order valence-corrected chi connectivity index (χ3v) is 4.21. The Morgan fingerprint density at radius 1 is 1.45 bits per heavy atom. The van der Waals surface area contributed by atoms with E-state index in [-0.39, 0.29) is 22.7 Å². The van der Waals surface area contributed by atoms with Crippen LogP contribution in [0.5, 0.6) is 0 Å². The molecule has 0 bridgehead atoms. The molecule has 0 spiro atoms. The SMILES string of the molecule is COC(C)(C)CNS(=O)(=O)c1cc(N)ccc1C(=O)O. The Bertz CT molecular complexity index is 610. The summed E-state index contributed by atoms with van der Waals surface area (Å²) in [6.07, 6.45) is 0. The molecule has 0 fully saturated rings. The van der Waals surface area contributed by atoms with Crippen molar-refractivity contribution in [1.82, 2.24) is 4.72 Å². The first-order valence-corrected chi connectivity index (χ1v) is 7.25. The summed E-state index contributed by atoms with van der Waals surface area (Å²) in [5.41, 5.74) is 4.65. The third-order valence-electron chi connectivity index (χ3n) is 2.77. The Labute approximate surface area is 117 Å². The van der Waals surface area contributed by atoms with E-state index in [9.17, 15) is 13.2 Å². The minimum atomic E-state index is -3.99. The molecule has 0 unspecified atom stereocenters. The van der Waals surface area contributed by atoms with E-state index in [4.69, 9.17) is 15.6 Å². The van der Waals surface area contributed by atoms with Gasteiger partial charge in [0.1, 0.15) is 0 Å². The fourth-order valence-corrected chi connectivity index (χ4v) is 2.79. The zero-order valence-electron chi connectivity index (χ0n) is 11.5. The molecule has 0 aliphatic heterocycles. The van der Waals surface area contributed by atoms with E-state index in [1.54, 1.807) is 13.8 Å². The van der Waals surface area contributed by atoms with Gasteiger partial charge in [0, 0.05) is 19.3 Å². The van der Waals surface area contributed by atoms with E-state index in [0.717, 1.165) is 12.1 Å². The topological polar surface area (TPSA) is 119 Å². The molecule has 112 valence electrons. The number of nitrogens with one attached hydrogen (secondary N) is 1. The molecule has 0 aromatic heterocycles. The molecule has 8 heteroatoms. The van der Waals surface area contributed by atoms with Gasteiger partial charge in [0.05, 0.1) is 16.1 Å². The number of hydrogen-bond donors (Lipinski definition) is 3. The van der Waals surface area contributed by atoms with Gasteiger partial charge in [-0.2, -0.15) is 0 Å². The van der Waals surface area contributed by atoms with Crippen molar-refractivity contribution in [3.63, 3.8) is 0 Å². The number of anilines is 1. The second-order valence-corrected chi connectivity index (χ2v) is 6.58. The summed E-state index contributed by atoms with van der Waals surface area (Å²) in [6.45, 7) is 3.40. The molecule has 4 N–H and O–H groups in total. The predicted molar refractivity (Wildman–Crippen MR) is 74.1 cm³/mol. The molecule has 0 radical (unpaired) electrons. The highest BCUT2D eigenvalue weighted by atomic mass is 32.2. The Hall–Kier alpha value is -1.64. The van der Waals surface area contributed by atoms with Crippen molar-refractivity contribution in [2.45, 2.75) is 24.3 Å². The standard InChI is InChI=1S/C12H18N2O5S/c1-12(2,19-3)7-14-20(17,18)10-6-8(13)4-5-9(10)11(15)16/h4-6,14H,7,13H2,1-3H3,(H,15,16). The Morgan fingerprint density at radius 2 is 2.05 bits per heavy atom. The number of methoxy groups -OCH3 is 1. The summed E-state index contributed by atoms with van der Waals surface area (Å²) >= 11 is 0. The van der Waals surface area contributed by atoms with Crippen LogP contribution in [0.2, 0.25) is 0 Å². The molecule has 1 aromatic carbocycles. The number of nitrogens with two attached hydrogens (primary N) is 1. The Kier molecular flexibility index (Phi) is 4.74. The van der Waals surface area contributed by atoms with Crippen LogP contribution in [0.25, 0.3) is 0 Å². The highest BCUT2D eigenvalue weighted by Crippen LogP contribution is 2.20. The van der Waals surface area contributed by atoms with Crippen molar-refractivity contribution in [2.24, 2.45) is 0 Å². The molecule has 20 heavy (non-hydrogen) atoms. The summed E-state index contributed by atoms with van der Waals surface area (Å²) in [5.74, 6) is -1.34. The van der Waals surface area contributed by atoms with Crippen molar-refractivity contribution in [1.29, 1.82) is 0 Å². The van der Waals surface area contributed by atoms with Crippen LogP contribution in [0.3, 0.4) is 0 Å². The maximum absolute atomic E-state index is 12.2. The van der Waals surface area contributed by atoms with E-state index in [1.807, 2.05) is 0 Å². The monoisotopic (exact) mass is 302 g/mol. The largest absolute Gasteiger partial charge is 0.478 e. The summed E-state index contributed by atoms with van der Waals surface area (Å²) in [5, 5.41) is 9.04. The maximum Gasteiger partial charge on any atom is 0.337 e. The van der Waals surface area contributed by atoms with Crippen molar-refractivity contribution in [2.75, 3.05) is 19.4 Å². The van der Waals surface area contributed by atoms with Gasteiger partial charge in [0.2, 0.25) is 10.0 Å². The molecule has 0 atom stereocenters. The number of sulfonamides is 1. The third kappa shape index (κ3) is 3.92. The van der Waals surface area contributed by atoms with E-state index < -0.39 is 21.6 Å². The lowest BCUT2D eigenvalue weighted by Gasteiger charge is -2.23.